The number of rotatable bonds is 2. The molecule has 15 heavy (non-hydrogen) atoms. The summed E-state index contributed by atoms with van der Waals surface area (Å²) < 4.78 is 10.9. The highest BCUT2D eigenvalue weighted by atomic mass is 35.5. The third kappa shape index (κ3) is 2.03. The standard InChI is InChI=1S/C11H14ClNO2/c1-7(6-13)8-4-10-11(5-9(8)12)15-3-2-14-10/h4-5,7H,2-3,6,13H2,1H3. The summed E-state index contributed by atoms with van der Waals surface area (Å²) in [5.41, 5.74) is 6.64. The number of ether oxygens (including phenoxy) is 2. The zero-order valence-electron chi connectivity index (χ0n) is 8.63. The van der Waals surface area contributed by atoms with Gasteiger partial charge in [-0.2, -0.15) is 0 Å². The first kappa shape index (κ1) is 10.6. The molecule has 0 aromatic heterocycles. The number of hydrogen-bond acceptors (Lipinski definition) is 3. The lowest BCUT2D eigenvalue weighted by Crippen LogP contribution is -2.16. The molecule has 1 aromatic rings. The summed E-state index contributed by atoms with van der Waals surface area (Å²) in [6.45, 7) is 3.77. The lowest BCUT2D eigenvalue weighted by atomic mass is 10.0. The zero-order chi connectivity index (χ0) is 10.8. The van der Waals surface area contributed by atoms with E-state index in [1.165, 1.54) is 0 Å². The van der Waals surface area contributed by atoms with E-state index in [1.54, 1.807) is 6.07 Å². The van der Waals surface area contributed by atoms with E-state index in [0.717, 1.165) is 17.1 Å². The van der Waals surface area contributed by atoms with Gasteiger partial charge < -0.3 is 15.2 Å². The topological polar surface area (TPSA) is 44.5 Å². The van der Waals surface area contributed by atoms with Crippen LogP contribution in [-0.4, -0.2) is 19.8 Å². The van der Waals surface area contributed by atoms with Crippen LogP contribution in [-0.2, 0) is 0 Å². The zero-order valence-corrected chi connectivity index (χ0v) is 9.38. The highest BCUT2D eigenvalue weighted by Gasteiger charge is 2.17. The molecule has 1 heterocycles. The Kier molecular flexibility index (Phi) is 3.03. The Bertz CT molecular complexity index is 368. The Morgan fingerprint density at radius 1 is 1.33 bits per heavy atom. The number of hydrogen-bond donors (Lipinski definition) is 1. The molecule has 0 fully saturated rings. The Morgan fingerprint density at radius 2 is 1.93 bits per heavy atom. The van der Waals surface area contributed by atoms with E-state index in [1.807, 2.05) is 13.0 Å². The fourth-order valence-electron chi connectivity index (χ4n) is 1.58. The van der Waals surface area contributed by atoms with Gasteiger partial charge >= 0.3 is 0 Å². The predicted octanol–water partition coefficient (Wildman–Crippen LogP) is 2.17. The van der Waals surface area contributed by atoms with Crippen LogP contribution in [0.15, 0.2) is 12.1 Å². The van der Waals surface area contributed by atoms with Gasteiger partial charge in [-0.3, -0.25) is 0 Å². The predicted molar refractivity (Wildman–Crippen MR) is 59.9 cm³/mol. The molecule has 3 nitrogen and oxygen atoms in total. The van der Waals surface area contributed by atoms with E-state index >= 15 is 0 Å². The second-order valence-electron chi connectivity index (χ2n) is 3.65. The summed E-state index contributed by atoms with van der Waals surface area (Å²) in [4.78, 5) is 0. The lowest BCUT2D eigenvalue weighted by molar-refractivity contribution is 0.171. The molecule has 1 aliphatic rings. The van der Waals surface area contributed by atoms with Gasteiger partial charge in [-0.1, -0.05) is 18.5 Å². The summed E-state index contributed by atoms with van der Waals surface area (Å²) in [6, 6.07) is 3.73. The molecule has 4 heteroatoms. The maximum absolute atomic E-state index is 6.14. The summed E-state index contributed by atoms with van der Waals surface area (Å²) >= 11 is 6.14. The van der Waals surface area contributed by atoms with E-state index in [9.17, 15) is 0 Å². The van der Waals surface area contributed by atoms with Crippen LogP contribution in [0.5, 0.6) is 11.5 Å². The Morgan fingerprint density at radius 3 is 2.53 bits per heavy atom. The van der Waals surface area contributed by atoms with Crippen LogP contribution < -0.4 is 15.2 Å². The minimum absolute atomic E-state index is 0.230. The highest BCUT2D eigenvalue weighted by molar-refractivity contribution is 6.31. The van der Waals surface area contributed by atoms with E-state index in [2.05, 4.69) is 0 Å². The molecule has 0 saturated heterocycles. The molecular weight excluding hydrogens is 214 g/mol. The number of halogens is 1. The van der Waals surface area contributed by atoms with Gasteiger partial charge in [0.2, 0.25) is 0 Å². The molecular formula is C11H14ClNO2. The van der Waals surface area contributed by atoms with Crippen LogP contribution in [0.2, 0.25) is 5.02 Å². The maximum Gasteiger partial charge on any atom is 0.162 e. The molecule has 0 amide bonds. The molecule has 0 radical (unpaired) electrons. The second kappa shape index (κ2) is 4.29. The summed E-state index contributed by atoms with van der Waals surface area (Å²) in [7, 11) is 0. The van der Waals surface area contributed by atoms with Gasteiger partial charge in [-0.15, -0.1) is 0 Å². The van der Waals surface area contributed by atoms with Gasteiger partial charge in [0, 0.05) is 11.1 Å². The van der Waals surface area contributed by atoms with Crippen molar-refractivity contribution in [1.82, 2.24) is 0 Å². The van der Waals surface area contributed by atoms with Gasteiger partial charge in [0.05, 0.1) is 0 Å². The number of fused-ring (bicyclic) bond motifs is 1. The molecule has 0 bridgehead atoms. The molecule has 82 valence electrons. The average molecular weight is 228 g/mol. The van der Waals surface area contributed by atoms with Crippen molar-refractivity contribution in [2.24, 2.45) is 5.73 Å². The third-order valence-corrected chi connectivity index (χ3v) is 2.87. The van der Waals surface area contributed by atoms with Crippen molar-refractivity contribution in [3.8, 4) is 11.5 Å². The minimum atomic E-state index is 0.230. The number of benzene rings is 1. The van der Waals surface area contributed by atoms with Gasteiger partial charge in [0.25, 0.3) is 0 Å². The monoisotopic (exact) mass is 227 g/mol. The molecule has 0 saturated carbocycles. The smallest absolute Gasteiger partial charge is 0.162 e. The average Bonchev–Trinajstić information content (AvgIpc) is 2.27. The molecule has 2 N–H and O–H groups in total. The summed E-state index contributed by atoms with van der Waals surface area (Å²) in [6.07, 6.45) is 0. The van der Waals surface area contributed by atoms with Gasteiger partial charge in [0.15, 0.2) is 11.5 Å². The molecule has 1 aliphatic heterocycles. The van der Waals surface area contributed by atoms with Crippen LogP contribution in [0.4, 0.5) is 0 Å². The quantitative estimate of drug-likeness (QED) is 0.842. The lowest BCUT2D eigenvalue weighted by Gasteiger charge is -2.21. The molecule has 2 rings (SSSR count). The van der Waals surface area contributed by atoms with Crippen molar-refractivity contribution in [3.05, 3.63) is 22.7 Å². The van der Waals surface area contributed by atoms with Gasteiger partial charge in [-0.25, -0.2) is 0 Å². The second-order valence-corrected chi connectivity index (χ2v) is 4.06. The van der Waals surface area contributed by atoms with Crippen LogP contribution >= 0.6 is 11.6 Å². The van der Waals surface area contributed by atoms with Crippen molar-refractivity contribution in [2.45, 2.75) is 12.8 Å². The van der Waals surface area contributed by atoms with Crippen molar-refractivity contribution < 1.29 is 9.47 Å². The van der Waals surface area contributed by atoms with Crippen LogP contribution in [0.1, 0.15) is 18.4 Å². The normalized spacial score (nSPS) is 16.2. The van der Waals surface area contributed by atoms with E-state index in [-0.39, 0.29) is 5.92 Å². The van der Waals surface area contributed by atoms with Crippen molar-refractivity contribution in [2.75, 3.05) is 19.8 Å². The first-order chi connectivity index (χ1) is 7.22. The van der Waals surface area contributed by atoms with E-state index in [4.69, 9.17) is 26.8 Å². The van der Waals surface area contributed by atoms with Gasteiger partial charge in [0.1, 0.15) is 13.2 Å². The molecule has 0 spiro atoms. The Labute approximate surface area is 94.1 Å². The Hall–Kier alpha value is -0.930. The maximum atomic E-state index is 6.14. The van der Waals surface area contributed by atoms with Crippen molar-refractivity contribution in [1.29, 1.82) is 0 Å². The van der Waals surface area contributed by atoms with Crippen molar-refractivity contribution in [3.63, 3.8) is 0 Å². The van der Waals surface area contributed by atoms with E-state index in [0.29, 0.717) is 24.8 Å². The van der Waals surface area contributed by atoms with E-state index < -0.39 is 0 Å². The first-order valence-electron chi connectivity index (χ1n) is 5.01. The SMILES string of the molecule is CC(CN)c1cc2c(cc1Cl)OCCO2. The highest BCUT2D eigenvalue weighted by Crippen LogP contribution is 2.37. The van der Waals surface area contributed by atoms with Crippen LogP contribution in [0, 0.1) is 0 Å². The summed E-state index contributed by atoms with van der Waals surface area (Å²) in [5, 5.41) is 0.692. The Balaban J connectivity index is 2.40. The van der Waals surface area contributed by atoms with Crippen LogP contribution in [0.3, 0.4) is 0 Å². The third-order valence-electron chi connectivity index (χ3n) is 2.55. The molecule has 1 unspecified atom stereocenters. The molecule has 1 atom stereocenters. The van der Waals surface area contributed by atoms with Crippen LogP contribution in [0.25, 0.3) is 0 Å². The fourth-order valence-corrected chi connectivity index (χ4v) is 1.92. The minimum Gasteiger partial charge on any atom is -0.486 e. The number of nitrogens with two attached hydrogens (primary N) is 1. The molecule has 1 aromatic carbocycles. The first-order valence-corrected chi connectivity index (χ1v) is 5.39. The van der Waals surface area contributed by atoms with Crippen molar-refractivity contribution >= 4 is 11.6 Å². The largest absolute Gasteiger partial charge is 0.486 e. The fraction of sp³-hybridized carbons (Fsp3) is 0.455. The molecule has 0 aliphatic carbocycles. The summed E-state index contributed by atoms with van der Waals surface area (Å²) in [5.74, 6) is 1.72. The van der Waals surface area contributed by atoms with Gasteiger partial charge in [-0.05, 0) is 24.1 Å².